The third kappa shape index (κ3) is 4.04. The molecule has 1 aliphatic rings. The molecule has 1 aliphatic heterocycles. The lowest BCUT2D eigenvalue weighted by atomic mass is 9.72. The first-order valence-corrected chi connectivity index (χ1v) is 10.8. The highest BCUT2D eigenvalue weighted by atomic mass is 32.2. The average molecular weight is 388 g/mol. The summed E-state index contributed by atoms with van der Waals surface area (Å²) in [5.41, 5.74) is 1.15. The molecule has 0 atom stereocenters. The van der Waals surface area contributed by atoms with E-state index in [1.807, 2.05) is 49.4 Å². The summed E-state index contributed by atoms with van der Waals surface area (Å²) in [6.07, 6.45) is 2.54. The topological polar surface area (TPSA) is 79.4 Å². The number of hydrogen-bond acceptors (Lipinski definition) is 4. The number of rotatable bonds is 5. The van der Waals surface area contributed by atoms with Gasteiger partial charge >= 0.3 is 0 Å². The van der Waals surface area contributed by atoms with Gasteiger partial charge in [0, 0.05) is 19.3 Å². The van der Waals surface area contributed by atoms with E-state index >= 15 is 0 Å². The first-order valence-electron chi connectivity index (χ1n) is 9.15. The molecule has 2 aromatic rings. The first kappa shape index (κ1) is 19.5. The van der Waals surface area contributed by atoms with Crippen molar-refractivity contribution < 1.29 is 13.2 Å². The molecule has 1 aromatic heterocycles. The fraction of sp³-hybridized carbons (Fsp3) is 0.400. The molecule has 0 aliphatic carbocycles. The molecule has 0 unspecified atom stereocenters. The van der Waals surface area contributed by atoms with Crippen molar-refractivity contribution in [3.63, 3.8) is 0 Å². The highest BCUT2D eigenvalue weighted by molar-refractivity contribution is 7.89. The van der Waals surface area contributed by atoms with Gasteiger partial charge in [0.25, 0.3) is 0 Å². The van der Waals surface area contributed by atoms with Crippen LogP contribution in [-0.2, 0) is 20.2 Å². The number of carbonyl (C=O) groups excluding carboxylic acids is 1. The third-order valence-electron chi connectivity index (χ3n) is 5.25. The highest BCUT2D eigenvalue weighted by Crippen LogP contribution is 2.37. The van der Waals surface area contributed by atoms with Crippen molar-refractivity contribution in [2.24, 2.45) is 0 Å². The molecule has 2 heterocycles. The van der Waals surface area contributed by atoms with Crippen LogP contribution in [0.3, 0.4) is 0 Å². The molecule has 0 saturated carbocycles. The molecule has 27 heavy (non-hydrogen) atoms. The lowest BCUT2D eigenvalue weighted by Gasteiger charge is -2.40. The van der Waals surface area contributed by atoms with Crippen LogP contribution in [0.1, 0.15) is 30.9 Å². The molecular formula is C20H25N3O3S. The molecule has 1 N–H and O–H groups in total. The van der Waals surface area contributed by atoms with Gasteiger partial charge in [-0.15, -0.1) is 0 Å². The SMILES string of the molecule is CCS(=O)(=O)N1CCC(C(=O)Nc2cc(C)ccn2)(c2ccccc2)CC1. The van der Waals surface area contributed by atoms with E-state index in [0.717, 1.165) is 11.1 Å². The number of hydrogen-bond donors (Lipinski definition) is 1. The van der Waals surface area contributed by atoms with Crippen molar-refractivity contribution in [2.45, 2.75) is 32.1 Å². The molecular weight excluding hydrogens is 362 g/mol. The number of aromatic nitrogens is 1. The van der Waals surface area contributed by atoms with Gasteiger partial charge in [0.05, 0.1) is 11.2 Å². The number of nitrogens with one attached hydrogen (secondary N) is 1. The van der Waals surface area contributed by atoms with Crippen LogP contribution >= 0.6 is 0 Å². The summed E-state index contributed by atoms with van der Waals surface area (Å²) in [7, 11) is -3.25. The monoisotopic (exact) mass is 387 g/mol. The van der Waals surface area contributed by atoms with Gasteiger partial charge < -0.3 is 5.32 Å². The summed E-state index contributed by atoms with van der Waals surface area (Å²) in [6, 6.07) is 13.3. The van der Waals surface area contributed by atoms with Crippen LogP contribution in [0.4, 0.5) is 5.82 Å². The Morgan fingerprint density at radius 2 is 1.85 bits per heavy atom. The summed E-state index contributed by atoms with van der Waals surface area (Å²) >= 11 is 0. The molecule has 0 spiro atoms. The van der Waals surface area contributed by atoms with Crippen molar-refractivity contribution in [3.05, 3.63) is 59.8 Å². The summed E-state index contributed by atoms with van der Waals surface area (Å²) < 4.78 is 25.9. The predicted molar refractivity (Wildman–Crippen MR) is 106 cm³/mol. The summed E-state index contributed by atoms with van der Waals surface area (Å²) in [4.78, 5) is 17.5. The Balaban J connectivity index is 1.90. The number of anilines is 1. The average Bonchev–Trinajstić information content (AvgIpc) is 2.68. The Bertz CT molecular complexity index is 905. The molecule has 1 saturated heterocycles. The maximum atomic E-state index is 13.3. The van der Waals surface area contributed by atoms with Crippen LogP contribution < -0.4 is 5.32 Å². The van der Waals surface area contributed by atoms with E-state index < -0.39 is 15.4 Å². The lowest BCUT2D eigenvalue weighted by Crippen LogP contribution is -2.51. The van der Waals surface area contributed by atoms with Crippen LogP contribution in [0, 0.1) is 6.92 Å². The molecule has 3 rings (SSSR count). The van der Waals surface area contributed by atoms with Gasteiger partial charge in [0.1, 0.15) is 5.82 Å². The number of benzene rings is 1. The minimum Gasteiger partial charge on any atom is -0.310 e. The fourth-order valence-corrected chi connectivity index (χ4v) is 4.68. The highest BCUT2D eigenvalue weighted by Gasteiger charge is 2.44. The largest absolute Gasteiger partial charge is 0.310 e. The second kappa shape index (κ2) is 7.78. The van der Waals surface area contributed by atoms with E-state index in [2.05, 4.69) is 10.3 Å². The predicted octanol–water partition coefficient (Wildman–Crippen LogP) is 2.71. The second-order valence-electron chi connectivity index (χ2n) is 6.92. The summed E-state index contributed by atoms with van der Waals surface area (Å²) in [5.74, 6) is 0.448. The minimum absolute atomic E-state index is 0.0742. The van der Waals surface area contributed by atoms with E-state index in [1.54, 1.807) is 13.1 Å². The van der Waals surface area contributed by atoms with Crippen molar-refractivity contribution in [3.8, 4) is 0 Å². The molecule has 0 bridgehead atoms. The van der Waals surface area contributed by atoms with Gasteiger partial charge in [-0.1, -0.05) is 30.3 Å². The molecule has 1 aromatic carbocycles. The van der Waals surface area contributed by atoms with Crippen molar-refractivity contribution in [1.29, 1.82) is 0 Å². The zero-order valence-electron chi connectivity index (χ0n) is 15.7. The number of pyridine rings is 1. The van der Waals surface area contributed by atoms with Crippen LogP contribution in [0.5, 0.6) is 0 Å². The van der Waals surface area contributed by atoms with Crippen molar-refractivity contribution in [2.75, 3.05) is 24.2 Å². The number of nitrogens with zero attached hydrogens (tertiary/aromatic N) is 2. The van der Waals surface area contributed by atoms with Gasteiger partial charge in [0.2, 0.25) is 15.9 Å². The van der Waals surface area contributed by atoms with E-state index in [-0.39, 0.29) is 11.7 Å². The Hall–Kier alpha value is -2.25. The molecule has 7 heteroatoms. The second-order valence-corrected chi connectivity index (χ2v) is 9.18. The minimum atomic E-state index is -3.25. The number of carbonyl (C=O) groups is 1. The smallest absolute Gasteiger partial charge is 0.236 e. The quantitative estimate of drug-likeness (QED) is 0.855. The van der Waals surface area contributed by atoms with Gasteiger partial charge in [0.15, 0.2) is 0 Å². The van der Waals surface area contributed by atoms with Gasteiger partial charge in [-0.2, -0.15) is 0 Å². The summed E-state index contributed by atoms with van der Waals surface area (Å²) in [5, 5.41) is 2.94. The van der Waals surface area contributed by atoms with Crippen molar-refractivity contribution in [1.82, 2.24) is 9.29 Å². The molecule has 6 nitrogen and oxygen atoms in total. The number of amides is 1. The molecule has 0 radical (unpaired) electrons. The van der Waals surface area contributed by atoms with Crippen LogP contribution in [0.25, 0.3) is 0 Å². The lowest BCUT2D eigenvalue weighted by molar-refractivity contribution is -0.123. The number of sulfonamides is 1. The maximum Gasteiger partial charge on any atom is 0.236 e. The van der Waals surface area contributed by atoms with Gasteiger partial charge in [-0.25, -0.2) is 17.7 Å². The number of aryl methyl sites for hydroxylation is 1. The molecule has 1 amide bonds. The van der Waals surface area contributed by atoms with Gasteiger partial charge in [-0.3, -0.25) is 4.79 Å². The zero-order chi connectivity index (χ0) is 19.5. The zero-order valence-corrected chi connectivity index (χ0v) is 16.5. The normalized spacial score (nSPS) is 17.4. The Labute approximate surface area is 160 Å². The van der Waals surface area contributed by atoms with Crippen LogP contribution in [0.15, 0.2) is 48.7 Å². The Morgan fingerprint density at radius 1 is 1.19 bits per heavy atom. The van der Waals surface area contributed by atoms with Crippen LogP contribution in [-0.4, -0.2) is 42.5 Å². The van der Waals surface area contributed by atoms with E-state index in [0.29, 0.717) is 31.7 Å². The maximum absolute atomic E-state index is 13.3. The van der Waals surface area contributed by atoms with E-state index in [1.165, 1.54) is 4.31 Å². The third-order valence-corrected chi connectivity index (χ3v) is 7.13. The van der Waals surface area contributed by atoms with Crippen LogP contribution in [0.2, 0.25) is 0 Å². The Morgan fingerprint density at radius 3 is 2.44 bits per heavy atom. The van der Waals surface area contributed by atoms with E-state index in [9.17, 15) is 13.2 Å². The molecule has 144 valence electrons. The summed E-state index contributed by atoms with van der Waals surface area (Å²) in [6.45, 7) is 4.25. The van der Waals surface area contributed by atoms with Gasteiger partial charge in [-0.05, 0) is 49.9 Å². The number of piperidine rings is 1. The standard InChI is InChI=1S/C20H25N3O3S/c1-3-27(25,26)23-13-10-20(11-14-23,17-7-5-4-6-8-17)19(24)22-18-15-16(2)9-12-21-18/h4-9,12,15H,3,10-11,13-14H2,1-2H3,(H,21,22,24). The first-order chi connectivity index (χ1) is 12.9. The van der Waals surface area contributed by atoms with E-state index in [4.69, 9.17) is 0 Å². The van der Waals surface area contributed by atoms with Crippen molar-refractivity contribution >= 4 is 21.7 Å². The Kier molecular flexibility index (Phi) is 5.62. The molecule has 1 fully saturated rings. The fourth-order valence-electron chi connectivity index (χ4n) is 3.57.